The van der Waals surface area contributed by atoms with Gasteiger partial charge in [0.05, 0.1) is 12.5 Å². The Morgan fingerprint density at radius 1 is 1.17 bits per heavy atom. The number of rotatable bonds is 4. The van der Waals surface area contributed by atoms with Crippen molar-refractivity contribution in [3.63, 3.8) is 0 Å². The zero-order valence-corrected chi connectivity index (χ0v) is 11.3. The second kappa shape index (κ2) is 6.18. The van der Waals surface area contributed by atoms with Gasteiger partial charge in [-0.1, -0.05) is 12.1 Å². The topological polar surface area (TPSA) is 48.7 Å². The number of anilines is 1. The maximum Gasteiger partial charge on any atom is 0.0669 e. The fourth-order valence-corrected chi connectivity index (χ4v) is 2.00. The minimum Gasteiger partial charge on any atom is -0.381 e. The van der Waals surface area contributed by atoms with Crippen LogP contribution in [0.1, 0.15) is 11.1 Å². The Hall–Kier alpha value is -1.86. The summed E-state index contributed by atoms with van der Waals surface area (Å²) >= 11 is 3.39. The monoisotopic (exact) mass is 301 g/mol. The second-order valence-corrected chi connectivity index (χ2v) is 4.81. The quantitative estimate of drug-likeness (QED) is 0.940. The van der Waals surface area contributed by atoms with Crippen molar-refractivity contribution in [2.24, 2.45) is 0 Å². The van der Waals surface area contributed by atoms with Gasteiger partial charge in [-0.25, -0.2) is 0 Å². The lowest BCUT2D eigenvalue weighted by molar-refractivity contribution is 1.10. The van der Waals surface area contributed by atoms with E-state index in [1.165, 1.54) is 0 Å². The van der Waals surface area contributed by atoms with E-state index >= 15 is 0 Å². The molecule has 0 radical (unpaired) electrons. The molecule has 2 aromatic rings. The summed E-state index contributed by atoms with van der Waals surface area (Å²) in [6.07, 6.45) is 4.05. The molecule has 0 unspecified atom stereocenters. The number of aromatic nitrogens is 1. The lowest BCUT2D eigenvalue weighted by Gasteiger charge is -2.07. The third-order valence-electron chi connectivity index (χ3n) is 2.50. The highest BCUT2D eigenvalue weighted by Gasteiger charge is 1.97. The first-order chi connectivity index (χ1) is 8.78. The number of hydrogen-bond acceptors (Lipinski definition) is 3. The van der Waals surface area contributed by atoms with Gasteiger partial charge in [0.2, 0.25) is 0 Å². The summed E-state index contributed by atoms with van der Waals surface area (Å²) in [6, 6.07) is 12.1. The third-order valence-corrected chi connectivity index (χ3v) is 2.93. The van der Waals surface area contributed by atoms with Crippen molar-refractivity contribution >= 4 is 21.6 Å². The molecule has 0 saturated heterocycles. The molecule has 18 heavy (non-hydrogen) atoms. The van der Waals surface area contributed by atoms with Gasteiger partial charge in [-0.05, 0) is 45.3 Å². The molecule has 0 aliphatic carbocycles. The van der Waals surface area contributed by atoms with E-state index in [0.717, 1.165) is 27.8 Å². The summed E-state index contributed by atoms with van der Waals surface area (Å²) in [7, 11) is 0. The van der Waals surface area contributed by atoms with Gasteiger partial charge in [-0.15, -0.1) is 0 Å². The molecule has 0 saturated carbocycles. The first-order valence-corrected chi connectivity index (χ1v) is 6.36. The van der Waals surface area contributed by atoms with Crippen LogP contribution in [0.2, 0.25) is 0 Å². The van der Waals surface area contributed by atoms with Crippen molar-refractivity contribution in [1.29, 1.82) is 5.26 Å². The Labute approximate surface area is 115 Å². The molecule has 1 aromatic carbocycles. The predicted octanol–water partition coefficient (Wildman–Crippen LogP) is 3.52. The van der Waals surface area contributed by atoms with E-state index in [1.807, 2.05) is 36.5 Å². The first kappa shape index (κ1) is 12.6. The number of pyridine rings is 1. The molecular formula is C14H12BrN3. The van der Waals surface area contributed by atoms with Crippen LogP contribution in [0.15, 0.2) is 47.2 Å². The van der Waals surface area contributed by atoms with Crippen LogP contribution in [0.25, 0.3) is 0 Å². The van der Waals surface area contributed by atoms with Crippen molar-refractivity contribution < 1.29 is 0 Å². The number of nitriles is 1. The van der Waals surface area contributed by atoms with Gasteiger partial charge in [0.15, 0.2) is 0 Å². The third kappa shape index (κ3) is 3.57. The van der Waals surface area contributed by atoms with Crippen LogP contribution in [-0.2, 0) is 13.0 Å². The summed E-state index contributed by atoms with van der Waals surface area (Å²) in [4.78, 5) is 4.11. The molecule has 2 rings (SSSR count). The number of nitrogens with zero attached hydrogens (tertiary/aromatic N) is 2. The average Bonchev–Trinajstić information content (AvgIpc) is 2.38. The number of hydrogen-bond donors (Lipinski definition) is 1. The lowest BCUT2D eigenvalue weighted by atomic mass is 10.1. The summed E-state index contributed by atoms with van der Waals surface area (Å²) in [5.74, 6) is 0. The smallest absolute Gasteiger partial charge is 0.0669 e. The maximum absolute atomic E-state index is 8.59. The maximum atomic E-state index is 8.59. The van der Waals surface area contributed by atoms with Crippen LogP contribution in [0, 0.1) is 11.3 Å². The second-order valence-electron chi connectivity index (χ2n) is 3.90. The SMILES string of the molecule is N#CCc1ccc(NCc2cncc(Br)c2)cc1. The molecule has 0 amide bonds. The molecule has 0 aliphatic heterocycles. The molecule has 0 spiro atoms. The van der Waals surface area contributed by atoms with Crippen molar-refractivity contribution in [1.82, 2.24) is 4.98 Å². The van der Waals surface area contributed by atoms with Crippen LogP contribution >= 0.6 is 15.9 Å². The normalized spacial score (nSPS) is 9.78. The van der Waals surface area contributed by atoms with Gasteiger partial charge < -0.3 is 5.32 Å². The zero-order chi connectivity index (χ0) is 12.8. The van der Waals surface area contributed by atoms with Crippen molar-refractivity contribution in [3.05, 3.63) is 58.3 Å². The molecule has 0 atom stereocenters. The number of nitrogens with one attached hydrogen (secondary N) is 1. The number of benzene rings is 1. The molecule has 1 aromatic heterocycles. The molecule has 1 N–H and O–H groups in total. The van der Waals surface area contributed by atoms with Crippen LogP contribution in [0.5, 0.6) is 0 Å². The Bertz CT molecular complexity index is 558. The molecular weight excluding hydrogens is 290 g/mol. The van der Waals surface area contributed by atoms with Crippen LogP contribution < -0.4 is 5.32 Å². The van der Waals surface area contributed by atoms with Gasteiger partial charge in [-0.3, -0.25) is 4.98 Å². The fourth-order valence-electron chi connectivity index (χ4n) is 1.59. The molecule has 90 valence electrons. The molecule has 0 fully saturated rings. The summed E-state index contributed by atoms with van der Waals surface area (Å²) < 4.78 is 0.978. The van der Waals surface area contributed by atoms with Crippen molar-refractivity contribution in [2.75, 3.05) is 5.32 Å². The Kier molecular flexibility index (Phi) is 4.32. The van der Waals surface area contributed by atoms with Crippen LogP contribution in [0.4, 0.5) is 5.69 Å². The van der Waals surface area contributed by atoms with Gasteiger partial charge in [0.1, 0.15) is 0 Å². The summed E-state index contributed by atoms with van der Waals surface area (Å²) in [6.45, 7) is 0.726. The highest BCUT2D eigenvalue weighted by molar-refractivity contribution is 9.10. The Morgan fingerprint density at radius 3 is 2.61 bits per heavy atom. The molecule has 0 aliphatic rings. The lowest BCUT2D eigenvalue weighted by Crippen LogP contribution is -1.99. The van der Waals surface area contributed by atoms with Gasteiger partial charge in [0, 0.05) is 29.1 Å². The van der Waals surface area contributed by atoms with Crippen LogP contribution in [-0.4, -0.2) is 4.98 Å². The van der Waals surface area contributed by atoms with E-state index in [2.05, 4.69) is 32.3 Å². The van der Waals surface area contributed by atoms with Crippen molar-refractivity contribution in [2.45, 2.75) is 13.0 Å². The minimum absolute atomic E-state index is 0.454. The highest BCUT2D eigenvalue weighted by Crippen LogP contribution is 2.13. The summed E-state index contributed by atoms with van der Waals surface area (Å²) in [5, 5.41) is 11.9. The van der Waals surface area contributed by atoms with E-state index in [1.54, 1.807) is 6.20 Å². The standard InChI is InChI=1S/C14H12BrN3/c15-13-7-12(8-17-10-13)9-18-14-3-1-11(2-4-14)5-6-16/h1-4,7-8,10,18H,5,9H2. The van der Waals surface area contributed by atoms with Crippen molar-refractivity contribution in [3.8, 4) is 6.07 Å². The minimum atomic E-state index is 0.454. The zero-order valence-electron chi connectivity index (χ0n) is 9.73. The Morgan fingerprint density at radius 2 is 1.94 bits per heavy atom. The van der Waals surface area contributed by atoms with Gasteiger partial charge in [0.25, 0.3) is 0 Å². The first-order valence-electron chi connectivity index (χ1n) is 5.57. The van der Waals surface area contributed by atoms with Gasteiger partial charge in [-0.2, -0.15) is 5.26 Å². The largest absolute Gasteiger partial charge is 0.381 e. The fraction of sp³-hybridized carbons (Fsp3) is 0.143. The average molecular weight is 302 g/mol. The van der Waals surface area contributed by atoms with E-state index in [9.17, 15) is 0 Å². The highest BCUT2D eigenvalue weighted by atomic mass is 79.9. The molecule has 3 nitrogen and oxygen atoms in total. The summed E-state index contributed by atoms with van der Waals surface area (Å²) in [5.41, 5.74) is 3.19. The molecule has 4 heteroatoms. The predicted molar refractivity (Wildman–Crippen MR) is 75.0 cm³/mol. The van der Waals surface area contributed by atoms with E-state index in [-0.39, 0.29) is 0 Å². The van der Waals surface area contributed by atoms with Gasteiger partial charge >= 0.3 is 0 Å². The molecule has 1 heterocycles. The van der Waals surface area contributed by atoms with E-state index < -0.39 is 0 Å². The van der Waals surface area contributed by atoms with Crippen LogP contribution in [0.3, 0.4) is 0 Å². The molecule has 0 bridgehead atoms. The van der Waals surface area contributed by atoms with E-state index in [4.69, 9.17) is 5.26 Å². The Balaban J connectivity index is 1.96. The van der Waals surface area contributed by atoms with E-state index in [0.29, 0.717) is 6.42 Å². The number of halogens is 1.